The molecule has 0 atom stereocenters. The van der Waals surface area contributed by atoms with Gasteiger partial charge in [0.2, 0.25) is 0 Å². The topological polar surface area (TPSA) is 90.7 Å². The first-order valence-corrected chi connectivity index (χ1v) is 8.96. The summed E-state index contributed by atoms with van der Waals surface area (Å²) in [4.78, 5) is 23.4. The van der Waals surface area contributed by atoms with Crippen LogP contribution >= 0.6 is 11.6 Å². The molecule has 9 heteroatoms. The predicted molar refractivity (Wildman–Crippen MR) is 106 cm³/mol. The maximum atomic E-state index is 13.9. The summed E-state index contributed by atoms with van der Waals surface area (Å²) < 4.78 is 37.2. The van der Waals surface area contributed by atoms with E-state index in [0.717, 1.165) is 6.07 Å². The minimum absolute atomic E-state index is 0.0187. The van der Waals surface area contributed by atoms with Crippen LogP contribution in [-0.2, 0) is 6.54 Å². The third kappa shape index (κ3) is 5.45. The molecule has 0 saturated heterocycles. The smallest absolute Gasteiger partial charge is 0.410 e. The predicted octanol–water partition coefficient (Wildman–Crippen LogP) is 4.80. The molecule has 0 bridgehead atoms. The lowest BCUT2D eigenvalue weighted by molar-refractivity contribution is 0.0948. The van der Waals surface area contributed by atoms with Crippen LogP contribution in [0.2, 0.25) is 5.02 Å². The number of hydrogen-bond acceptors (Lipinski definition) is 4. The number of nitrogens with one attached hydrogen (secondary N) is 1. The summed E-state index contributed by atoms with van der Waals surface area (Å²) in [6.07, 6.45) is -1.13. The lowest BCUT2D eigenvalue weighted by Gasteiger charge is -2.12. The van der Waals surface area contributed by atoms with E-state index in [2.05, 4.69) is 10.1 Å². The molecule has 0 aliphatic carbocycles. The molecule has 0 unspecified atom stereocenters. The van der Waals surface area contributed by atoms with E-state index < -0.39 is 23.6 Å². The standard InChI is InChI=1S/C21H15ClF2N2O4/c22-13-2-8-18(29-15-5-3-14(23)4-6-15)16(10-13)20(27)26-11-12-1-7-19(17(24)9-12)30-21(25)28/h1-10H,11H2,(H2,25,28)(H,26,27). The first-order chi connectivity index (χ1) is 14.3. The molecule has 30 heavy (non-hydrogen) atoms. The van der Waals surface area contributed by atoms with Crippen molar-refractivity contribution in [3.8, 4) is 17.2 Å². The van der Waals surface area contributed by atoms with Crippen LogP contribution in [0.4, 0.5) is 13.6 Å². The molecule has 3 N–H and O–H groups in total. The van der Waals surface area contributed by atoms with Crippen molar-refractivity contribution >= 4 is 23.6 Å². The maximum absolute atomic E-state index is 13.9. The Morgan fingerprint density at radius 1 is 0.967 bits per heavy atom. The van der Waals surface area contributed by atoms with Crippen LogP contribution in [0.25, 0.3) is 0 Å². The number of carbonyl (C=O) groups is 2. The highest BCUT2D eigenvalue weighted by molar-refractivity contribution is 6.31. The SMILES string of the molecule is NC(=O)Oc1ccc(CNC(=O)c2cc(Cl)ccc2Oc2ccc(F)cc2)cc1F. The van der Waals surface area contributed by atoms with Gasteiger partial charge in [-0.2, -0.15) is 0 Å². The highest BCUT2D eigenvalue weighted by Crippen LogP contribution is 2.28. The average molecular weight is 433 g/mol. The largest absolute Gasteiger partial charge is 0.457 e. The van der Waals surface area contributed by atoms with Crippen molar-refractivity contribution in [2.45, 2.75) is 6.54 Å². The Hall–Kier alpha value is -3.65. The van der Waals surface area contributed by atoms with Gasteiger partial charge in [-0.3, -0.25) is 4.79 Å². The monoisotopic (exact) mass is 432 g/mol. The quantitative estimate of drug-likeness (QED) is 0.585. The Kier molecular flexibility index (Phi) is 6.48. The van der Waals surface area contributed by atoms with Crippen molar-refractivity contribution in [3.05, 3.63) is 88.4 Å². The molecule has 0 saturated carbocycles. The van der Waals surface area contributed by atoms with Crippen LogP contribution in [0.15, 0.2) is 60.7 Å². The molecule has 6 nitrogen and oxygen atoms in total. The number of hydrogen-bond donors (Lipinski definition) is 2. The second-order valence-corrected chi connectivity index (χ2v) is 6.50. The Bertz CT molecular complexity index is 1090. The van der Waals surface area contributed by atoms with E-state index >= 15 is 0 Å². The van der Waals surface area contributed by atoms with Gasteiger partial charge < -0.3 is 20.5 Å². The zero-order chi connectivity index (χ0) is 21.7. The number of carbonyl (C=O) groups excluding carboxylic acids is 2. The van der Waals surface area contributed by atoms with Crippen molar-refractivity contribution in [1.82, 2.24) is 5.32 Å². The zero-order valence-electron chi connectivity index (χ0n) is 15.3. The number of benzene rings is 3. The van der Waals surface area contributed by atoms with E-state index in [-0.39, 0.29) is 23.6 Å². The molecule has 0 heterocycles. The van der Waals surface area contributed by atoms with Gasteiger partial charge in [0.25, 0.3) is 5.91 Å². The van der Waals surface area contributed by atoms with E-state index in [4.69, 9.17) is 22.1 Å². The zero-order valence-corrected chi connectivity index (χ0v) is 16.1. The molecule has 0 aliphatic heterocycles. The fourth-order valence-corrected chi connectivity index (χ4v) is 2.69. The minimum atomic E-state index is -1.13. The van der Waals surface area contributed by atoms with E-state index in [9.17, 15) is 18.4 Å². The van der Waals surface area contributed by atoms with E-state index in [0.29, 0.717) is 16.3 Å². The van der Waals surface area contributed by atoms with Crippen LogP contribution in [0.1, 0.15) is 15.9 Å². The summed E-state index contributed by atoms with van der Waals surface area (Å²) in [7, 11) is 0. The Balaban J connectivity index is 1.73. The van der Waals surface area contributed by atoms with Crippen LogP contribution in [0.5, 0.6) is 17.2 Å². The van der Waals surface area contributed by atoms with Crippen LogP contribution in [0.3, 0.4) is 0 Å². The Labute approximate surface area is 175 Å². The molecule has 0 aromatic heterocycles. The van der Waals surface area contributed by atoms with Crippen molar-refractivity contribution < 1.29 is 27.8 Å². The fourth-order valence-electron chi connectivity index (χ4n) is 2.52. The molecule has 154 valence electrons. The molecule has 2 amide bonds. The molecule has 0 spiro atoms. The molecule has 0 radical (unpaired) electrons. The molecule has 3 aromatic rings. The third-order valence-electron chi connectivity index (χ3n) is 3.89. The Morgan fingerprint density at radius 3 is 2.33 bits per heavy atom. The highest BCUT2D eigenvalue weighted by Gasteiger charge is 2.15. The number of ether oxygens (including phenoxy) is 2. The van der Waals surface area contributed by atoms with Crippen molar-refractivity contribution in [1.29, 1.82) is 0 Å². The number of rotatable bonds is 6. The molecule has 3 rings (SSSR count). The van der Waals surface area contributed by atoms with Crippen LogP contribution < -0.4 is 20.5 Å². The number of primary amides is 1. The highest BCUT2D eigenvalue weighted by atomic mass is 35.5. The number of halogens is 3. The lowest BCUT2D eigenvalue weighted by Crippen LogP contribution is -2.23. The average Bonchev–Trinajstić information content (AvgIpc) is 2.70. The summed E-state index contributed by atoms with van der Waals surface area (Å²) >= 11 is 6.00. The molecular formula is C21H15ClF2N2O4. The van der Waals surface area contributed by atoms with E-state index in [1.165, 1.54) is 48.5 Å². The normalized spacial score (nSPS) is 10.4. The first kappa shape index (κ1) is 21.1. The molecule has 3 aromatic carbocycles. The summed E-state index contributed by atoms with van der Waals surface area (Å²) in [5.74, 6) is -1.52. The third-order valence-corrected chi connectivity index (χ3v) is 4.12. The van der Waals surface area contributed by atoms with E-state index in [1.807, 2.05) is 0 Å². The van der Waals surface area contributed by atoms with Gasteiger partial charge in [0.1, 0.15) is 17.3 Å². The lowest BCUT2D eigenvalue weighted by atomic mass is 10.1. The van der Waals surface area contributed by atoms with Gasteiger partial charge >= 0.3 is 6.09 Å². The number of amides is 2. The van der Waals surface area contributed by atoms with Gasteiger partial charge in [-0.05, 0) is 60.2 Å². The van der Waals surface area contributed by atoms with Crippen LogP contribution in [-0.4, -0.2) is 12.0 Å². The maximum Gasteiger partial charge on any atom is 0.410 e. The fraction of sp³-hybridized carbons (Fsp3) is 0.0476. The molecular weight excluding hydrogens is 418 g/mol. The van der Waals surface area contributed by atoms with Crippen molar-refractivity contribution in [2.75, 3.05) is 0 Å². The van der Waals surface area contributed by atoms with Gasteiger partial charge in [-0.1, -0.05) is 17.7 Å². The second kappa shape index (κ2) is 9.23. The first-order valence-electron chi connectivity index (χ1n) is 8.58. The summed E-state index contributed by atoms with van der Waals surface area (Å²) in [6.45, 7) is -0.0187. The van der Waals surface area contributed by atoms with Gasteiger partial charge in [0, 0.05) is 11.6 Å². The molecule has 0 aliphatic rings. The summed E-state index contributed by atoms with van der Waals surface area (Å²) in [5, 5.41) is 2.94. The molecule has 0 fully saturated rings. The Morgan fingerprint density at radius 2 is 1.67 bits per heavy atom. The summed E-state index contributed by atoms with van der Waals surface area (Å²) in [5.41, 5.74) is 5.41. The minimum Gasteiger partial charge on any atom is -0.457 e. The van der Waals surface area contributed by atoms with Gasteiger partial charge in [0.05, 0.1) is 5.56 Å². The van der Waals surface area contributed by atoms with Gasteiger partial charge in [-0.15, -0.1) is 0 Å². The van der Waals surface area contributed by atoms with E-state index in [1.54, 1.807) is 6.07 Å². The van der Waals surface area contributed by atoms with Gasteiger partial charge in [-0.25, -0.2) is 13.6 Å². The van der Waals surface area contributed by atoms with Crippen molar-refractivity contribution in [2.24, 2.45) is 5.73 Å². The number of nitrogens with two attached hydrogens (primary N) is 1. The van der Waals surface area contributed by atoms with Crippen LogP contribution in [0, 0.1) is 11.6 Å². The van der Waals surface area contributed by atoms with Crippen molar-refractivity contribution in [3.63, 3.8) is 0 Å². The van der Waals surface area contributed by atoms with Gasteiger partial charge in [0.15, 0.2) is 11.6 Å². The summed E-state index contributed by atoms with van der Waals surface area (Å²) in [6, 6.07) is 13.6. The second-order valence-electron chi connectivity index (χ2n) is 6.07.